The lowest BCUT2D eigenvalue weighted by atomic mass is 9.66. The Kier molecular flexibility index (Phi) is 8.06. The number of allylic oxidation sites excluding steroid dienone is 3. The summed E-state index contributed by atoms with van der Waals surface area (Å²) in [5.41, 5.74) is 4.13. The molecule has 0 spiro atoms. The molecular weight excluding hydrogens is 288 g/mol. The Bertz CT molecular complexity index is 437. The first-order valence-electron chi connectivity index (χ1n) is 9.76. The third-order valence-corrected chi connectivity index (χ3v) is 4.83. The molecule has 0 N–H and O–H groups in total. The molecule has 0 saturated heterocycles. The van der Waals surface area contributed by atoms with Gasteiger partial charge in [0.1, 0.15) is 0 Å². The number of rotatable bonds is 10. The Labute approximate surface area is 154 Å². The van der Waals surface area contributed by atoms with Crippen molar-refractivity contribution in [2.45, 2.75) is 108 Å². The van der Waals surface area contributed by atoms with E-state index in [9.17, 15) is 0 Å². The van der Waals surface area contributed by atoms with Crippen LogP contribution in [0, 0.1) is 21.7 Å². The van der Waals surface area contributed by atoms with E-state index in [-0.39, 0.29) is 5.41 Å². The van der Waals surface area contributed by atoms with E-state index in [4.69, 9.17) is 0 Å². The lowest BCUT2D eigenvalue weighted by Gasteiger charge is -2.39. The highest BCUT2D eigenvalue weighted by Gasteiger charge is 2.32. The standard InChI is InChI=1S/C24H46/c1-19(2)15-23(9,10)17-21(5,6)13-14-22(7,8)18-24(11,12)16-20(3)4/h16H,1,13-15,17-18H2,2-12H3. The van der Waals surface area contributed by atoms with Gasteiger partial charge in [0.25, 0.3) is 0 Å². The molecule has 0 heteroatoms. The molecule has 0 bridgehead atoms. The first kappa shape index (κ1) is 23.5. The van der Waals surface area contributed by atoms with E-state index < -0.39 is 0 Å². The zero-order valence-electron chi connectivity index (χ0n) is 18.8. The third kappa shape index (κ3) is 11.1. The topological polar surface area (TPSA) is 0 Å². The molecular formula is C24H46. The lowest BCUT2D eigenvalue weighted by molar-refractivity contribution is 0.138. The van der Waals surface area contributed by atoms with Gasteiger partial charge in [-0.05, 0) is 74.5 Å². The number of hydrogen-bond donors (Lipinski definition) is 0. The summed E-state index contributed by atoms with van der Waals surface area (Å²) in [5.74, 6) is 0. The van der Waals surface area contributed by atoms with E-state index in [0.29, 0.717) is 16.2 Å². The average Bonchev–Trinajstić information content (AvgIpc) is 2.19. The molecule has 0 unspecified atom stereocenters. The molecule has 142 valence electrons. The molecule has 0 fully saturated rings. The maximum atomic E-state index is 4.11. The molecule has 0 amide bonds. The van der Waals surface area contributed by atoms with Crippen molar-refractivity contribution in [3.05, 3.63) is 23.8 Å². The van der Waals surface area contributed by atoms with Crippen molar-refractivity contribution in [2.24, 2.45) is 21.7 Å². The molecule has 0 heterocycles. The van der Waals surface area contributed by atoms with Crippen LogP contribution in [0.5, 0.6) is 0 Å². The molecule has 0 aliphatic rings. The van der Waals surface area contributed by atoms with Gasteiger partial charge in [0.2, 0.25) is 0 Å². The second kappa shape index (κ2) is 8.24. The minimum Gasteiger partial charge on any atom is -0.100 e. The Morgan fingerprint density at radius 1 is 0.708 bits per heavy atom. The van der Waals surface area contributed by atoms with Crippen molar-refractivity contribution in [2.75, 3.05) is 0 Å². The SMILES string of the molecule is C=C(C)CC(C)(C)CC(C)(C)CCC(C)(C)CC(C)(C)C=C(C)C. The first-order chi connectivity index (χ1) is 10.5. The smallest absolute Gasteiger partial charge is 0.0167 e. The van der Waals surface area contributed by atoms with Crippen LogP contribution in [-0.2, 0) is 0 Å². The van der Waals surface area contributed by atoms with Gasteiger partial charge < -0.3 is 0 Å². The van der Waals surface area contributed by atoms with Crippen LogP contribution >= 0.6 is 0 Å². The monoisotopic (exact) mass is 334 g/mol. The van der Waals surface area contributed by atoms with Gasteiger partial charge in [0.05, 0.1) is 0 Å². The normalized spacial score (nSPS) is 13.8. The Balaban J connectivity index is 4.79. The van der Waals surface area contributed by atoms with E-state index in [0.717, 1.165) is 6.42 Å². The van der Waals surface area contributed by atoms with Crippen molar-refractivity contribution in [3.8, 4) is 0 Å². The minimum atomic E-state index is 0.283. The van der Waals surface area contributed by atoms with E-state index in [1.807, 2.05) is 0 Å². The first-order valence-corrected chi connectivity index (χ1v) is 9.76. The van der Waals surface area contributed by atoms with Gasteiger partial charge >= 0.3 is 0 Å². The lowest BCUT2D eigenvalue weighted by Crippen LogP contribution is -2.27. The fraction of sp³-hybridized carbons (Fsp3) is 0.833. The predicted molar refractivity (Wildman–Crippen MR) is 112 cm³/mol. The maximum absolute atomic E-state index is 4.11. The van der Waals surface area contributed by atoms with Crippen LogP contribution in [0.4, 0.5) is 0 Å². The largest absolute Gasteiger partial charge is 0.100 e. The highest BCUT2D eigenvalue weighted by Crippen LogP contribution is 2.45. The van der Waals surface area contributed by atoms with Crippen molar-refractivity contribution in [3.63, 3.8) is 0 Å². The third-order valence-electron chi connectivity index (χ3n) is 4.83. The van der Waals surface area contributed by atoms with Gasteiger partial charge in [0, 0.05) is 0 Å². The molecule has 0 rings (SSSR count). The molecule has 0 aromatic carbocycles. The van der Waals surface area contributed by atoms with Gasteiger partial charge in [-0.15, -0.1) is 6.58 Å². The second-order valence-electron chi connectivity index (χ2n) is 11.7. The van der Waals surface area contributed by atoms with Crippen molar-refractivity contribution in [1.82, 2.24) is 0 Å². The molecule has 24 heavy (non-hydrogen) atoms. The summed E-state index contributed by atoms with van der Waals surface area (Å²) in [5, 5.41) is 0. The van der Waals surface area contributed by atoms with Crippen LogP contribution in [0.3, 0.4) is 0 Å². The Hall–Kier alpha value is -0.520. The van der Waals surface area contributed by atoms with Crippen molar-refractivity contribution < 1.29 is 0 Å². The Morgan fingerprint density at radius 3 is 1.50 bits per heavy atom. The Morgan fingerprint density at radius 2 is 1.12 bits per heavy atom. The molecule has 0 nitrogen and oxygen atoms in total. The summed E-state index contributed by atoms with van der Waals surface area (Å²) in [4.78, 5) is 0. The summed E-state index contributed by atoms with van der Waals surface area (Å²) in [6.07, 6.45) is 8.67. The van der Waals surface area contributed by atoms with Crippen LogP contribution < -0.4 is 0 Å². The summed E-state index contributed by atoms with van der Waals surface area (Å²) < 4.78 is 0. The number of hydrogen-bond acceptors (Lipinski definition) is 0. The van der Waals surface area contributed by atoms with Crippen molar-refractivity contribution >= 4 is 0 Å². The average molecular weight is 335 g/mol. The molecule has 0 aliphatic heterocycles. The molecule has 0 aliphatic carbocycles. The van der Waals surface area contributed by atoms with E-state index in [2.05, 4.69) is 88.8 Å². The molecule has 0 aromatic heterocycles. The molecule has 0 saturated carbocycles. The summed E-state index contributed by atoms with van der Waals surface area (Å²) >= 11 is 0. The van der Waals surface area contributed by atoms with Gasteiger partial charge in [-0.1, -0.05) is 72.6 Å². The predicted octanol–water partition coefficient (Wildman–Crippen LogP) is 8.58. The highest BCUT2D eigenvalue weighted by atomic mass is 14.4. The fourth-order valence-electron chi connectivity index (χ4n) is 5.09. The van der Waals surface area contributed by atoms with Crippen LogP contribution in [0.15, 0.2) is 23.8 Å². The van der Waals surface area contributed by atoms with Crippen LogP contribution in [-0.4, -0.2) is 0 Å². The van der Waals surface area contributed by atoms with Gasteiger partial charge in [-0.3, -0.25) is 0 Å². The quantitative estimate of drug-likeness (QED) is 0.351. The van der Waals surface area contributed by atoms with Crippen LogP contribution in [0.25, 0.3) is 0 Å². The summed E-state index contributed by atoms with van der Waals surface area (Å²) in [6, 6.07) is 0. The molecule has 0 aromatic rings. The highest BCUT2D eigenvalue weighted by molar-refractivity contribution is 5.03. The van der Waals surface area contributed by atoms with Gasteiger partial charge in [-0.25, -0.2) is 0 Å². The molecule has 0 atom stereocenters. The summed E-state index contributed by atoms with van der Waals surface area (Å²) in [6.45, 7) is 30.0. The zero-order valence-corrected chi connectivity index (χ0v) is 18.8. The summed E-state index contributed by atoms with van der Waals surface area (Å²) in [7, 11) is 0. The van der Waals surface area contributed by atoms with Crippen molar-refractivity contribution in [1.29, 1.82) is 0 Å². The zero-order chi connectivity index (χ0) is 19.4. The van der Waals surface area contributed by atoms with Gasteiger partial charge in [-0.2, -0.15) is 0 Å². The second-order valence-corrected chi connectivity index (χ2v) is 11.7. The maximum Gasteiger partial charge on any atom is -0.0167 e. The van der Waals surface area contributed by atoms with E-state index in [1.165, 1.54) is 36.8 Å². The molecule has 0 radical (unpaired) electrons. The minimum absolute atomic E-state index is 0.283. The van der Waals surface area contributed by atoms with E-state index in [1.54, 1.807) is 0 Å². The van der Waals surface area contributed by atoms with Crippen LogP contribution in [0.1, 0.15) is 108 Å². The van der Waals surface area contributed by atoms with Crippen LogP contribution in [0.2, 0.25) is 0 Å². The van der Waals surface area contributed by atoms with E-state index >= 15 is 0 Å². The van der Waals surface area contributed by atoms with Gasteiger partial charge in [0.15, 0.2) is 0 Å². The fourth-order valence-corrected chi connectivity index (χ4v) is 5.09.